The summed E-state index contributed by atoms with van der Waals surface area (Å²) in [5.41, 5.74) is 0.938. The number of aryl methyl sites for hydroxylation is 1. The predicted octanol–water partition coefficient (Wildman–Crippen LogP) is 1.47. The standard InChI is InChI=1S/C7H10N4/c1-5-7(10-4-9-5)11-6(2)8-3/h4H,3H2,1-2H3,(H,9,10). The van der Waals surface area contributed by atoms with Gasteiger partial charge in [0.15, 0.2) is 5.82 Å². The summed E-state index contributed by atoms with van der Waals surface area (Å²) in [7, 11) is 0. The van der Waals surface area contributed by atoms with E-state index in [1.165, 1.54) is 0 Å². The van der Waals surface area contributed by atoms with Gasteiger partial charge >= 0.3 is 0 Å². The lowest BCUT2D eigenvalue weighted by atomic mass is 10.5. The Bertz CT molecular complexity index is 284. The van der Waals surface area contributed by atoms with E-state index in [1.807, 2.05) is 6.92 Å². The predicted molar refractivity (Wildman–Crippen MR) is 45.6 cm³/mol. The van der Waals surface area contributed by atoms with Gasteiger partial charge in [-0.2, -0.15) is 0 Å². The van der Waals surface area contributed by atoms with E-state index in [0.717, 1.165) is 5.69 Å². The van der Waals surface area contributed by atoms with Crippen LogP contribution in [-0.4, -0.2) is 22.5 Å². The van der Waals surface area contributed by atoms with Gasteiger partial charge in [0.05, 0.1) is 12.0 Å². The molecule has 1 aromatic rings. The topological polar surface area (TPSA) is 53.4 Å². The third kappa shape index (κ3) is 1.73. The van der Waals surface area contributed by atoms with Crippen LogP contribution in [0.4, 0.5) is 5.82 Å². The van der Waals surface area contributed by atoms with Gasteiger partial charge in [0.1, 0.15) is 5.84 Å². The van der Waals surface area contributed by atoms with Crippen LogP contribution >= 0.6 is 0 Å². The van der Waals surface area contributed by atoms with Gasteiger partial charge < -0.3 is 4.98 Å². The molecule has 4 nitrogen and oxygen atoms in total. The lowest BCUT2D eigenvalue weighted by Gasteiger charge is -1.89. The van der Waals surface area contributed by atoms with Gasteiger partial charge in [0.2, 0.25) is 0 Å². The Morgan fingerprint density at radius 1 is 1.73 bits per heavy atom. The molecule has 0 atom stereocenters. The van der Waals surface area contributed by atoms with Crippen molar-refractivity contribution in [1.29, 1.82) is 0 Å². The zero-order valence-electron chi connectivity index (χ0n) is 6.63. The molecule has 1 N–H and O–H groups in total. The maximum Gasteiger partial charge on any atom is 0.174 e. The zero-order chi connectivity index (χ0) is 8.27. The summed E-state index contributed by atoms with van der Waals surface area (Å²) in [6.07, 6.45) is 1.60. The Morgan fingerprint density at radius 2 is 2.45 bits per heavy atom. The third-order valence-corrected chi connectivity index (χ3v) is 1.30. The first kappa shape index (κ1) is 7.65. The summed E-state index contributed by atoms with van der Waals surface area (Å²) in [6.45, 7) is 7.04. The van der Waals surface area contributed by atoms with Crippen molar-refractivity contribution in [2.75, 3.05) is 0 Å². The summed E-state index contributed by atoms with van der Waals surface area (Å²) in [5, 5.41) is 0. The van der Waals surface area contributed by atoms with Crippen LogP contribution in [0.5, 0.6) is 0 Å². The number of rotatable bonds is 1. The molecule has 0 amide bonds. The first-order chi connectivity index (χ1) is 5.24. The van der Waals surface area contributed by atoms with Gasteiger partial charge in [0.25, 0.3) is 0 Å². The second kappa shape index (κ2) is 3.09. The Balaban J connectivity index is 2.94. The number of amidine groups is 1. The van der Waals surface area contributed by atoms with Crippen molar-refractivity contribution in [3.05, 3.63) is 12.0 Å². The molecule has 4 heteroatoms. The number of nitrogens with zero attached hydrogens (tertiary/aromatic N) is 3. The number of hydrogen-bond acceptors (Lipinski definition) is 2. The van der Waals surface area contributed by atoms with Gasteiger partial charge in [-0.1, -0.05) is 0 Å². The molecule has 0 bridgehead atoms. The number of imidazole rings is 1. The van der Waals surface area contributed by atoms with E-state index in [2.05, 4.69) is 26.7 Å². The molecular weight excluding hydrogens is 140 g/mol. The van der Waals surface area contributed by atoms with Crippen molar-refractivity contribution < 1.29 is 0 Å². The summed E-state index contributed by atoms with van der Waals surface area (Å²) < 4.78 is 0. The van der Waals surface area contributed by atoms with E-state index >= 15 is 0 Å². The number of hydrogen-bond donors (Lipinski definition) is 1. The molecule has 0 aliphatic heterocycles. The minimum Gasteiger partial charge on any atom is -0.347 e. The molecule has 58 valence electrons. The Labute approximate surface area is 65.1 Å². The number of aliphatic imine (C=N–C) groups is 2. The van der Waals surface area contributed by atoms with Crippen LogP contribution in [0.25, 0.3) is 0 Å². The van der Waals surface area contributed by atoms with E-state index in [-0.39, 0.29) is 0 Å². The molecule has 1 heterocycles. The van der Waals surface area contributed by atoms with Crippen LogP contribution in [0.3, 0.4) is 0 Å². The average Bonchev–Trinajstić information content (AvgIpc) is 2.37. The van der Waals surface area contributed by atoms with Crippen LogP contribution in [0.2, 0.25) is 0 Å². The Kier molecular flexibility index (Phi) is 2.15. The highest BCUT2D eigenvalue weighted by Gasteiger charge is 1.96. The van der Waals surface area contributed by atoms with Gasteiger partial charge in [-0.05, 0) is 20.6 Å². The molecule has 0 fully saturated rings. The monoisotopic (exact) mass is 150 g/mol. The van der Waals surface area contributed by atoms with Crippen LogP contribution in [0.1, 0.15) is 12.6 Å². The molecule has 0 aromatic carbocycles. The van der Waals surface area contributed by atoms with Crippen LogP contribution in [0, 0.1) is 6.92 Å². The zero-order valence-corrected chi connectivity index (χ0v) is 6.63. The molecule has 0 spiro atoms. The molecular formula is C7H10N4. The normalized spacial score (nSPS) is 11.6. The van der Waals surface area contributed by atoms with E-state index < -0.39 is 0 Å². The largest absolute Gasteiger partial charge is 0.347 e. The summed E-state index contributed by atoms with van der Waals surface area (Å²) in [6, 6.07) is 0. The number of aromatic nitrogens is 2. The molecule has 1 aromatic heterocycles. The fourth-order valence-electron chi connectivity index (χ4n) is 0.653. The lowest BCUT2D eigenvalue weighted by molar-refractivity contribution is 1.25. The van der Waals surface area contributed by atoms with Crippen molar-refractivity contribution in [2.45, 2.75) is 13.8 Å². The van der Waals surface area contributed by atoms with Gasteiger partial charge in [-0.3, -0.25) is 0 Å². The second-order valence-electron chi connectivity index (χ2n) is 2.17. The fraction of sp³-hybridized carbons (Fsp3) is 0.286. The van der Waals surface area contributed by atoms with Crippen molar-refractivity contribution in [2.24, 2.45) is 9.98 Å². The summed E-state index contributed by atoms with van der Waals surface area (Å²) in [5.74, 6) is 1.30. The summed E-state index contributed by atoms with van der Waals surface area (Å²) >= 11 is 0. The summed E-state index contributed by atoms with van der Waals surface area (Å²) in [4.78, 5) is 14.6. The SMILES string of the molecule is C=NC(C)=Nc1nc[nH]c1C. The van der Waals surface area contributed by atoms with Gasteiger partial charge in [-0.25, -0.2) is 15.0 Å². The number of H-pyrrole nitrogens is 1. The molecule has 0 aliphatic carbocycles. The van der Waals surface area contributed by atoms with Crippen LogP contribution < -0.4 is 0 Å². The lowest BCUT2D eigenvalue weighted by Crippen LogP contribution is -1.82. The van der Waals surface area contributed by atoms with E-state index in [0.29, 0.717) is 11.7 Å². The highest BCUT2D eigenvalue weighted by atomic mass is 15.0. The molecule has 0 unspecified atom stereocenters. The Morgan fingerprint density at radius 3 is 2.91 bits per heavy atom. The maximum atomic E-state index is 4.08. The Hall–Kier alpha value is -1.45. The fourth-order valence-corrected chi connectivity index (χ4v) is 0.653. The van der Waals surface area contributed by atoms with E-state index in [4.69, 9.17) is 0 Å². The quantitative estimate of drug-likeness (QED) is 0.478. The van der Waals surface area contributed by atoms with Crippen molar-refractivity contribution in [1.82, 2.24) is 9.97 Å². The third-order valence-electron chi connectivity index (χ3n) is 1.30. The van der Waals surface area contributed by atoms with Crippen LogP contribution in [-0.2, 0) is 0 Å². The van der Waals surface area contributed by atoms with E-state index in [1.54, 1.807) is 13.3 Å². The molecule has 11 heavy (non-hydrogen) atoms. The van der Waals surface area contributed by atoms with Crippen molar-refractivity contribution in [3.63, 3.8) is 0 Å². The molecule has 0 saturated carbocycles. The number of nitrogens with one attached hydrogen (secondary N) is 1. The molecule has 0 saturated heterocycles. The smallest absolute Gasteiger partial charge is 0.174 e. The van der Waals surface area contributed by atoms with Crippen molar-refractivity contribution >= 4 is 18.4 Å². The maximum absolute atomic E-state index is 4.08. The minimum atomic E-state index is 0.625. The molecule has 0 radical (unpaired) electrons. The van der Waals surface area contributed by atoms with Crippen molar-refractivity contribution in [3.8, 4) is 0 Å². The highest BCUT2D eigenvalue weighted by Crippen LogP contribution is 2.11. The van der Waals surface area contributed by atoms with E-state index in [9.17, 15) is 0 Å². The van der Waals surface area contributed by atoms with Crippen LogP contribution in [0.15, 0.2) is 16.3 Å². The van der Waals surface area contributed by atoms with Gasteiger partial charge in [0, 0.05) is 0 Å². The first-order valence-corrected chi connectivity index (χ1v) is 3.26. The molecule has 1 rings (SSSR count). The van der Waals surface area contributed by atoms with Gasteiger partial charge in [-0.15, -0.1) is 0 Å². The minimum absolute atomic E-state index is 0.625. The molecule has 0 aliphatic rings. The number of aromatic amines is 1. The highest BCUT2D eigenvalue weighted by molar-refractivity contribution is 5.85. The first-order valence-electron chi connectivity index (χ1n) is 3.26. The second-order valence-corrected chi connectivity index (χ2v) is 2.17. The average molecular weight is 150 g/mol.